The number of methoxy groups -OCH3 is 1. The van der Waals surface area contributed by atoms with E-state index in [9.17, 15) is 5.11 Å². The Labute approximate surface area is 99.4 Å². The number of hydrogen-bond acceptors (Lipinski definition) is 2. The highest BCUT2D eigenvalue weighted by molar-refractivity contribution is 9.10. The van der Waals surface area contributed by atoms with Crippen molar-refractivity contribution in [3.8, 4) is 0 Å². The summed E-state index contributed by atoms with van der Waals surface area (Å²) in [6.45, 7) is 2.34. The minimum atomic E-state index is -0.754. The lowest BCUT2D eigenvalue weighted by Crippen LogP contribution is -2.35. The fourth-order valence-electron chi connectivity index (χ4n) is 1.57. The van der Waals surface area contributed by atoms with Crippen molar-refractivity contribution in [3.63, 3.8) is 0 Å². The molecule has 2 nitrogen and oxygen atoms in total. The van der Waals surface area contributed by atoms with Gasteiger partial charge in [0.1, 0.15) is 0 Å². The van der Waals surface area contributed by atoms with Crippen molar-refractivity contribution in [2.24, 2.45) is 0 Å². The van der Waals surface area contributed by atoms with Gasteiger partial charge in [-0.3, -0.25) is 0 Å². The van der Waals surface area contributed by atoms with Crippen LogP contribution in [0.3, 0.4) is 0 Å². The van der Waals surface area contributed by atoms with Crippen LogP contribution in [0.25, 0.3) is 0 Å². The van der Waals surface area contributed by atoms with Gasteiger partial charge in [-0.15, -0.1) is 0 Å². The molecule has 0 aliphatic rings. The molecule has 0 amide bonds. The zero-order chi connectivity index (χ0) is 11.3. The summed E-state index contributed by atoms with van der Waals surface area (Å²) >= 11 is 3.42. The molecule has 0 spiro atoms. The number of benzene rings is 1. The van der Waals surface area contributed by atoms with Crippen molar-refractivity contribution in [2.75, 3.05) is 13.7 Å². The van der Waals surface area contributed by atoms with Gasteiger partial charge in [-0.2, -0.15) is 0 Å². The molecule has 0 aliphatic carbocycles. The van der Waals surface area contributed by atoms with Crippen molar-refractivity contribution in [1.82, 2.24) is 0 Å². The van der Waals surface area contributed by atoms with Gasteiger partial charge in [0.2, 0.25) is 0 Å². The van der Waals surface area contributed by atoms with Gasteiger partial charge in [0.15, 0.2) is 0 Å². The summed E-state index contributed by atoms with van der Waals surface area (Å²) in [5.41, 5.74) is 0.362. The van der Waals surface area contributed by atoms with E-state index in [0.717, 1.165) is 10.0 Å². The molecule has 0 heterocycles. The summed E-state index contributed by atoms with van der Waals surface area (Å²) < 4.78 is 6.08. The number of hydrogen-bond donors (Lipinski definition) is 1. The highest BCUT2D eigenvalue weighted by atomic mass is 79.9. The van der Waals surface area contributed by atoms with Crippen LogP contribution >= 0.6 is 15.9 Å². The Bertz CT molecular complexity index is 314. The van der Waals surface area contributed by atoms with Gasteiger partial charge < -0.3 is 9.84 Å². The monoisotopic (exact) mass is 272 g/mol. The third-order valence-corrected chi connectivity index (χ3v) is 2.99. The zero-order valence-corrected chi connectivity index (χ0v) is 10.8. The zero-order valence-electron chi connectivity index (χ0n) is 9.16. The average Bonchev–Trinajstić information content (AvgIpc) is 2.18. The molecule has 3 heteroatoms. The molecule has 1 aromatic rings. The van der Waals surface area contributed by atoms with Gasteiger partial charge >= 0.3 is 0 Å². The van der Waals surface area contributed by atoms with E-state index >= 15 is 0 Å². The van der Waals surface area contributed by atoms with E-state index in [-0.39, 0.29) is 0 Å². The second-order valence-electron chi connectivity index (χ2n) is 3.82. The van der Waals surface area contributed by atoms with Gasteiger partial charge in [0.05, 0.1) is 12.2 Å². The first-order valence-corrected chi connectivity index (χ1v) is 5.85. The molecule has 1 atom stereocenters. The van der Waals surface area contributed by atoms with Crippen LogP contribution in [-0.2, 0) is 11.2 Å². The minimum Gasteiger partial charge on any atom is -0.387 e. The summed E-state index contributed by atoms with van der Waals surface area (Å²) in [6, 6.07) is 7.99. The molecule has 0 radical (unpaired) electrons. The maximum absolute atomic E-state index is 10.2. The lowest BCUT2D eigenvalue weighted by molar-refractivity contribution is -0.0333. The van der Waals surface area contributed by atoms with Gasteiger partial charge in [0, 0.05) is 18.0 Å². The highest BCUT2D eigenvalue weighted by Gasteiger charge is 2.24. The molecule has 1 aromatic carbocycles. The number of aliphatic hydroxyl groups is 1. The molecule has 0 aromatic heterocycles. The van der Waals surface area contributed by atoms with Crippen molar-refractivity contribution < 1.29 is 9.84 Å². The first-order valence-electron chi connectivity index (χ1n) is 5.05. The summed E-state index contributed by atoms with van der Waals surface area (Å²) in [4.78, 5) is 0. The molecule has 1 N–H and O–H groups in total. The summed E-state index contributed by atoms with van der Waals surface area (Å²) in [6.07, 6.45) is 1.31. The molecule has 0 saturated heterocycles. The van der Waals surface area contributed by atoms with Crippen molar-refractivity contribution >= 4 is 15.9 Å². The Kier molecular flexibility index (Phi) is 4.77. The summed E-state index contributed by atoms with van der Waals surface area (Å²) in [7, 11) is 1.61. The maximum Gasteiger partial charge on any atom is 0.0917 e. The molecule has 0 saturated carbocycles. The predicted molar refractivity (Wildman–Crippen MR) is 65.0 cm³/mol. The topological polar surface area (TPSA) is 29.5 Å². The Morgan fingerprint density at radius 2 is 2.20 bits per heavy atom. The molecule has 84 valence electrons. The van der Waals surface area contributed by atoms with E-state index < -0.39 is 5.60 Å². The van der Waals surface area contributed by atoms with Crippen LogP contribution in [0.4, 0.5) is 0 Å². The van der Waals surface area contributed by atoms with Crippen molar-refractivity contribution in [1.29, 1.82) is 0 Å². The minimum absolute atomic E-state index is 0.371. The van der Waals surface area contributed by atoms with Gasteiger partial charge in [-0.25, -0.2) is 0 Å². The maximum atomic E-state index is 10.2. The van der Waals surface area contributed by atoms with Crippen LogP contribution in [0.1, 0.15) is 18.9 Å². The molecule has 1 unspecified atom stereocenters. The molecule has 1 rings (SSSR count). The van der Waals surface area contributed by atoms with Crippen LogP contribution in [0.15, 0.2) is 28.7 Å². The standard InChI is InChI=1S/C12H17BrO2/c1-3-12(14,9-15-2)8-10-5-4-6-11(13)7-10/h4-7,14H,3,8-9H2,1-2H3. The molecule has 0 aliphatic heterocycles. The number of rotatable bonds is 5. The third kappa shape index (κ3) is 3.93. The molecule has 15 heavy (non-hydrogen) atoms. The molecular weight excluding hydrogens is 256 g/mol. The number of halogens is 1. The van der Waals surface area contributed by atoms with Crippen LogP contribution in [0.2, 0.25) is 0 Å². The van der Waals surface area contributed by atoms with E-state index in [0.29, 0.717) is 19.4 Å². The summed E-state index contributed by atoms with van der Waals surface area (Å²) in [5, 5.41) is 10.2. The predicted octanol–water partition coefficient (Wildman–Crippen LogP) is 2.78. The van der Waals surface area contributed by atoms with Crippen LogP contribution in [0.5, 0.6) is 0 Å². The lowest BCUT2D eigenvalue weighted by Gasteiger charge is -2.25. The fourth-order valence-corrected chi connectivity index (χ4v) is 2.02. The Balaban J connectivity index is 2.74. The summed E-state index contributed by atoms with van der Waals surface area (Å²) in [5.74, 6) is 0. The molecular formula is C12H17BrO2. The molecule has 0 fully saturated rings. The van der Waals surface area contributed by atoms with E-state index in [1.165, 1.54) is 0 Å². The van der Waals surface area contributed by atoms with Gasteiger partial charge in [-0.1, -0.05) is 35.0 Å². The van der Waals surface area contributed by atoms with Crippen LogP contribution < -0.4 is 0 Å². The van der Waals surface area contributed by atoms with Crippen LogP contribution in [-0.4, -0.2) is 24.4 Å². The van der Waals surface area contributed by atoms with Crippen LogP contribution in [0, 0.1) is 0 Å². The smallest absolute Gasteiger partial charge is 0.0917 e. The second-order valence-corrected chi connectivity index (χ2v) is 4.73. The Morgan fingerprint density at radius 1 is 1.47 bits per heavy atom. The largest absolute Gasteiger partial charge is 0.387 e. The third-order valence-electron chi connectivity index (χ3n) is 2.49. The normalized spacial score (nSPS) is 14.9. The van der Waals surface area contributed by atoms with E-state index in [1.807, 2.05) is 31.2 Å². The van der Waals surface area contributed by atoms with E-state index in [1.54, 1.807) is 7.11 Å². The first kappa shape index (κ1) is 12.7. The van der Waals surface area contributed by atoms with E-state index in [4.69, 9.17) is 4.74 Å². The Morgan fingerprint density at radius 3 is 2.73 bits per heavy atom. The van der Waals surface area contributed by atoms with Gasteiger partial charge in [0.25, 0.3) is 0 Å². The number of ether oxygens (including phenoxy) is 1. The van der Waals surface area contributed by atoms with Crippen molar-refractivity contribution in [3.05, 3.63) is 34.3 Å². The van der Waals surface area contributed by atoms with Gasteiger partial charge in [-0.05, 0) is 24.1 Å². The average molecular weight is 273 g/mol. The first-order chi connectivity index (χ1) is 7.09. The molecule has 0 bridgehead atoms. The second kappa shape index (κ2) is 5.64. The van der Waals surface area contributed by atoms with E-state index in [2.05, 4.69) is 15.9 Å². The highest BCUT2D eigenvalue weighted by Crippen LogP contribution is 2.20. The quantitative estimate of drug-likeness (QED) is 0.893. The fraction of sp³-hybridized carbons (Fsp3) is 0.500. The Hall–Kier alpha value is -0.380. The lowest BCUT2D eigenvalue weighted by atomic mass is 9.93. The van der Waals surface area contributed by atoms with Crippen molar-refractivity contribution in [2.45, 2.75) is 25.4 Å². The SMILES string of the molecule is CCC(O)(COC)Cc1cccc(Br)c1.